The van der Waals surface area contributed by atoms with Gasteiger partial charge >= 0.3 is 5.91 Å². The number of nitrogens with zero attached hydrogens (tertiary/aromatic N) is 2. The predicted octanol–water partition coefficient (Wildman–Crippen LogP) is 2.65. The Morgan fingerprint density at radius 2 is 2.07 bits per heavy atom. The number of aromatic nitrogens is 1. The molecule has 1 aromatic heterocycles. The number of hydrogen-bond acceptors (Lipinski definition) is 6. The number of anilines is 2. The fourth-order valence-electron chi connectivity index (χ4n) is 2.80. The van der Waals surface area contributed by atoms with Gasteiger partial charge in [-0.2, -0.15) is 0 Å². The number of fused-ring (bicyclic) bond motifs is 1. The summed E-state index contributed by atoms with van der Waals surface area (Å²) in [5.41, 5.74) is 0.513. The van der Waals surface area contributed by atoms with E-state index in [1.807, 2.05) is 0 Å². The minimum atomic E-state index is -3.96. The lowest BCUT2D eigenvalue weighted by atomic mass is 10.2. The molecule has 0 aliphatic carbocycles. The quantitative estimate of drug-likeness (QED) is 0.719. The maximum absolute atomic E-state index is 13.4. The molecule has 4 rings (SSSR count). The van der Waals surface area contributed by atoms with Gasteiger partial charge < -0.3 is 14.5 Å². The fourth-order valence-corrected chi connectivity index (χ4v) is 4.31. The standard InChI is InChI=1S/C18H14FN3O5S/c19-12-4-5-15-16(10-12)26-9-7-22(15)28(24,25)14-3-1-2-13(11-14)21-17(23)18-20-6-8-27-18/h1-6,8,10-11H,7,9H2,(H,21,23). The minimum absolute atomic E-state index is 0.0325. The molecule has 0 atom stereocenters. The monoisotopic (exact) mass is 403 g/mol. The molecule has 8 nitrogen and oxygen atoms in total. The van der Waals surface area contributed by atoms with Crippen molar-refractivity contribution in [3.8, 4) is 5.75 Å². The number of halogens is 1. The highest BCUT2D eigenvalue weighted by atomic mass is 32.2. The summed E-state index contributed by atoms with van der Waals surface area (Å²) in [6.45, 7) is 0.171. The summed E-state index contributed by atoms with van der Waals surface area (Å²) in [6.07, 6.45) is 2.59. The number of carbonyl (C=O) groups is 1. The average molecular weight is 403 g/mol. The van der Waals surface area contributed by atoms with E-state index in [0.29, 0.717) is 0 Å². The zero-order chi connectivity index (χ0) is 19.7. The third-order valence-corrected chi connectivity index (χ3v) is 5.86. The van der Waals surface area contributed by atoms with Crippen LogP contribution in [0.4, 0.5) is 15.8 Å². The van der Waals surface area contributed by atoms with Crippen molar-refractivity contribution in [1.82, 2.24) is 4.98 Å². The molecule has 144 valence electrons. The molecule has 1 aliphatic heterocycles. The SMILES string of the molecule is O=C(Nc1cccc(S(=O)(=O)N2CCOc3cc(F)ccc32)c1)c1ncco1. The summed E-state index contributed by atoms with van der Waals surface area (Å²) >= 11 is 0. The van der Waals surface area contributed by atoms with E-state index in [-0.39, 0.29) is 41.1 Å². The van der Waals surface area contributed by atoms with Crippen molar-refractivity contribution in [2.75, 3.05) is 22.8 Å². The molecule has 0 saturated carbocycles. The van der Waals surface area contributed by atoms with Gasteiger partial charge in [0, 0.05) is 11.8 Å². The first kappa shape index (κ1) is 18.0. The number of hydrogen-bond donors (Lipinski definition) is 1. The number of ether oxygens (including phenoxy) is 1. The van der Waals surface area contributed by atoms with E-state index in [9.17, 15) is 17.6 Å². The van der Waals surface area contributed by atoms with Gasteiger partial charge in [-0.15, -0.1) is 0 Å². The number of oxazole rings is 1. The molecule has 28 heavy (non-hydrogen) atoms. The Labute approximate surface area is 159 Å². The topological polar surface area (TPSA) is 102 Å². The highest BCUT2D eigenvalue weighted by Crippen LogP contribution is 2.36. The number of nitrogens with one attached hydrogen (secondary N) is 1. The molecule has 3 aromatic rings. The highest BCUT2D eigenvalue weighted by Gasteiger charge is 2.30. The van der Waals surface area contributed by atoms with Crippen molar-refractivity contribution in [3.05, 3.63) is 66.6 Å². The van der Waals surface area contributed by atoms with E-state index in [0.717, 1.165) is 10.4 Å². The molecule has 1 N–H and O–H groups in total. The Bertz CT molecular complexity index is 1130. The lowest BCUT2D eigenvalue weighted by molar-refractivity contribution is 0.0990. The Hall–Kier alpha value is -3.40. The fraction of sp³-hybridized carbons (Fsp3) is 0.111. The van der Waals surface area contributed by atoms with Crippen LogP contribution in [0.25, 0.3) is 0 Å². The van der Waals surface area contributed by atoms with E-state index in [2.05, 4.69) is 10.3 Å². The van der Waals surface area contributed by atoms with Crippen LogP contribution in [0.5, 0.6) is 5.75 Å². The van der Waals surface area contributed by atoms with Crippen LogP contribution in [-0.4, -0.2) is 32.5 Å². The van der Waals surface area contributed by atoms with Gasteiger partial charge in [0.25, 0.3) is 15.9 Å². The number of rotatable bonds is 4. The average Bonchev–Trinajstić information content (AvgIpc) is 3.22. The van der Waals surface area contributed by atoms with Gasteiger partial charge in [-0.1, -0.05) is 6.07 Å². The van der Waals surface area contributed by atoms with Crippen molar-refractivity contribution < 1.29 is 26.8 Å². The van der Waals surface area contributed by atoms with Crippen LogP contribution < -0.4 is 14.4 Å². The molecular formula is C18H14FN3O5S. The van der Waals surface area contributed by atoms with Gasteiger partial charge in [0.1, 0.15) is 24.4 Å². The molecule has 0 spiro atoms. The van der Waals surface area contributed by atoms with Crippen LogP contribution in [-0.2, 0) is 10.0 Å². The summed E-state index contributed by atoms with van der Waals surface area (Å²) in [5, 5.41) is 2.53. The van der Waals surface area contributed by atoms with Crippen LogP contribution in [0, 0.1) is 5.82 Å². The molecule has 10 heteroatoms. The van der Waals surface area contributed by atoms with Crippen LogP contribution >= 0.6 is 0 Å². The third-order valence-electron chi connectivity index (χ3n) is 4.05. The van der Waals surface area contributed by atoms with Crippen LogP contribution in [0.2, 0.25) is 0 Å². The maximum Gasteiger partial charge on any atom is 0.311 e. The van der Waals surface area contributed by atoms with Gasteiger partial charge in [0.2, 0.25) is 0 Å². The molecule has 0 fully saturated rings. The lowest BCUT2D eigenvalue weighted by Gasteiger charge is -2.30. The second-order valence-electron chi connectivity index (χ2n) is 5.86. The van der Waals surface area contributed by atoms with Gasteiger partial charge in [0.15, 0.2) is 0 Å². The number of benzene rings is 2. The normalized spacial score (nSPS) is 13.5. The minimum Gasteiger partial charge on any atom is -0.489 e. The van der Waals surface area contributed by atoms with E-state index in [1.54, 1.807) is 6.07 Å². The number of sulfonamides is 1. The number of carbonyl (C=O) groups excluding carboxylic acids is 1. The molecule has 2 aromatic carbocycles. The Morgan fingerprint density at radius 1 is 1.21 bits per heavy atom. The zero-order valence-electron chi connectivity index (χ0n) is 14.3. The van der Waals surface area contributed by atoms with E-state index in [4.69, 9.17) is 9.15 Å². The molecular weight excluding hydrogens is 389 g/mol. The first-order valence-electron chi connectivity index (χ1n) is 8.21. The highest BCUT2D eigenvalue weighted by molar-refractivity contribution is 7.92. The van der Waals surface area contributed by atoms with Crippen molar-refractivity contribution in [1.29, 1.82) is 0 Å². The smallest absolute Gasteiger partial charge is 0.311 e. The van der Waals surface area contributed by atoms with Gasteiger partial charge in [0.05, 0.1) is 23.3 Å². The molecule has 1 aliphatic rings. The molecule has 2 heterocycles. The van der Waals surface area contributed by atoms with Gasteiger partial charge in [-0.05, 0) is 30.3 Å². The molecule has 0 radical (unpaired) electrons. The summed E-state index contributed by atoms with van der Waals surface area (Å²) < 4.78 is 51.1. The summed E-state index contributed by atoms with van der Waals surface area (Å²) in [4.78, 5) is 15.8. The van der Waals surface area contributed by atoms with Gasteiger partial charge in [-0.25, -0.2) is 17.8 Å². The van der Waals surface area contributed by atoms with E-state index < -0.39 is 21.7 Å². The Morgan fingerprint density at radius 3 is 2.86 bits per heavy atom. The maximum atomic E-state index is 13.4. The molecule has 0 bridgehead atoms. The van der Waals surface area contributed by atoms with E-state index in [1.165, 1.54) is 42.8 Å². The second-order valence-corrected chi connectivity index (χ2v) is 7.72. The first-order valence-corrected chi connectivity index (χ1v) is 9.65. The van der Waals surface area contributed by atoms with Crippen molar-refractivity contribution in [2.24, 2.45) is 0 Å². The molecule has 0 saturated heterocycles. The van der Waals surface area contributed by atoms with E-state index >= 15 is 0 Å². The van der Waals surface area contributed by atoms with Crippen molar-refractivity contribution in [3.63, 3.8) is 0 Å². The number of amides is 1. The molecule has 1 amide bonds. The van der Waals surface area contributed by atoms with Crippen LogP contribution in [0.3, 0.4) is 0 Å². The third kappa shape index (κ3) is 3.29. The van der Waals surface area contributed by atoms with Crippen molar-refractivity contribution >= 4 is 27.3 Å². The molecule has 0 unspecified atom stereocenters. The van der Waals surface area contributed by atoms with Crippen molar-refractivity contribution in [2.45, 2.75) is 4.90 Å². The lowest BCUT2D eigenvalue weighted by Crippen LogP contribution is -2.38. The summed E-state index contributed by atoms with van der Waals surface area (Å²) in [7, 11) is -3.96. The van der Waals surface area contributed by atoms with Crippen LogP contribution in [0.1, 0.15) is 10.7 Å². The predicted molar refractivity (Wildman–Crippen MR) is 97.3 cm³/mol. The summed E-state index contributed by atoms with van der Waals surface area (Å²) in [5.74, 6) is -1.11. The largest absolute Gasteiger partial charge is 0.489 e. The zero-order valence-corrected chi connectivity index (χ0v) is 15.1. The Kier molecular flexibility index (Phi) is 4.47. The first-order chi connectivity index (χ1) is 13.4. The van der Waals surface area contributed by atoms with Crippen LogP contribution in [0.15, 0.2) is 64.2 Å². The van der Waals surface area contributed by atoms with Gasteiger partial charge in [-0.3, -0.25) is 9.10 Å². The second kappa shape index (κ2) is 6.97. The summed E-state index contributed by atoms with van der Waals surface area (Å²) in [6, 6.07) is 9.46. The Balaban J connectivity index is 1.65.